The molecule has 2 aromatic heterocycles. The first-order chi connectivity index (χ1) is 14.7. The van der Waals surface area contributed by atoms with Crippen LogP contribution in [0.3, 0.4) is 0 Å². The van der Waals surface area contributed by atoms with Crippen molar-refractivity contribution in [3.63, 3.8) is 0 Å². The molecule has 8 nitrogen and oxygen atoms in total. The lowest BCUT2D eigenvalue weighted by Gasteiger charge is -2.21. The Bertz CT molecular complexity index is 1400. The average molecular weight is 429 g/mol. The van der Waals surface area contributed by atoms with E-state index in [2.05, 4.69) is 15.3 Å². The molecule has 0 saturated heterocycles. The second-order valence-corrected chi connectivity index (χ2v) is 7.28. The van der Waals surface area contributed by atoms with Crippen molar-refractivity contribution in [2.24, 2.45) is 0 Å². The number of nitrogens with one attached hydrogen (secondary N) is 2. The first kappa shape index (κ1) is 20.3. The number of carbonyl (C=O) groups excluding carboxylic acids is 1. The summed E-state index contributed by atoms with van der Waals surface area (Å²) in [5, 5.41) is 10.6. The van der Waals surface area contributed by atoms with Crippen LogP contribution in [0.15, 0.2) is 34.0 Å². The normalized spacial score (nSPS) is 15.3. The molecule has 2 heterocycles. The second-order valence-electron chi connectivity index (χ2n) is 7.28. The molecule has 2 N–H and O–H groups in total. The topological polar surface area (TPSA) is 121 Å². The number of nitrogens with zero attached hydrogens (tertiary/aromatic N) is 3. The maximum atomic E-state index is 14.2. The molecule has 0 bridgehead atoms. The molecule has 3 aromatic rings. The van der Waals surface area contributed by atoms with Crippen LogP contribution in [0.1, 0.15) is 37.1 Å². The van der Waals surface area contributed by atoms with Crippen LogP contribution in [-0.2, 0) is 10.3 Å². The number of aromatic amines is 1. The van der Waals surface area contributed by atoms with Crippen molar-refractivity contribution < 1.29 is 18.0 Å². The Hall–Kier alpha value is -3.94. The fourth-order valence-electron chi connectivity index (χ4n) is 3.53. The second kappa shape index (κ2) is 7.09. The summed E-state index contributed by atoms with van der Waals surface area (Å²) in [6.45, 7) is 1.44. The number of carbonyl (C=O) groups is 1. The maximum absolute atomic E-state index is 14.2. The van der Waals surface area contributed by atoms with Crippen molar-refractivity contribution in [3.8, 4) is 6.07 Å². The molecule has 1 aromatic carbocycles. The zero-order valence-corrected chi connectivity index (χ0v) is 16.0. The summed E-state index contributed by atoms with van der Waals surface area (Å²) < 4.78 is 42.6. The first-order valence-electron chi connectivity index (χ1n) is 9.19. The van der Waals surface area contributed by atoms with Gasteiger partial charge in [0, 0.05) is 6.20 Å². The van der Waals surface area contributed by atoms with E-state index in [1.165, 1.54) is 6.92 Å². The summed E-state index contributed by atoms with van der Waals surface area (Å²) in [5.74, 6) is -4.28. The number of H-pyrrole nitrogens is 1. The molecule has 0 aliphatic heterocycles. The summed E-state index contributed by atoms with van der Waals surface area (Å²) >= 11 is 0. The fraction of sp³-hybridized carbons (Fsp3) is 0.250. The number of aromatic nitrogens is 3. The highest BCUT2D eigenvalue weighted by molar-refractivity contribution is 5.88. The summed E-state index contributed by atoms with van der Waals surface area (Å²) in [4.78, 5) is 44.4. The molecule has 0 unspecified atom stereocenters. The summed E-state index contributed by atoms with van der Waals surface area (Å²) in [6, 6.07) is 3.59. The molecule has 0 radical (unpaired) electrons. The Kier molecular flexibility index (Phi) is 4.65. The van der Waals surface area contributed by atoms with Gasteiger partial charge < -0.3 is 10.3 Å². The van der Waals surface area contributed by atoms with E-state index in [1.54, 1.807) is 6.07 Å². The Morgan fingerprint density at radius 3 is 2.61 bits per heavy atom. The van der Waals surface area contributed by atoms with Gasteiger partial charge in [0.1, 0.15) is 22.8 Å². The average Bonchev–Trinajstić information content (AvgIpc) is 3.52. The highest BCUT2D eigenvalue weighted by atomic mass is 19.2. The van der Waals surface area contributed by atoms with E-state index in [-0.39, 0.29) is 29.6 Å². The van der Waals surface area contributed by atoms with E-state index < -0.39 is 51.6 Å². The van der Waals surface area contributed by atoms with E-state index in [0.717, 1.165) is 24.4 Å². The number of fused-ring (bicyclic) bond motifs is 1. The van der Waals surface area contributed by atoms with Gasteiger partial charge in [-0.25, -0.2) is 22.5 Å². The Balaban J connectivity index is 1.73. The van der Waals surface area contributed by atoms with Gasteiger partial charge >= 0.3 is 5.69 Å². The Labute approximate surface area is 172 Å². The fourth-order valence-corrected chi connectivity index (χ4v) is 3.53. The van der Waals surface area contributed by atoms with E-state index in [1.807, 2.05) is 0 Å². The van der Waals surface area contributed by atoms with Crippen LogP contribution >= 0.6 is 0 Å². The molecule has 1 amide bonds. The minimum Gasteiger partial charge on any atom is -0.346 e. The monoisotopic (exact) mass is 429 g/mol. The number of hydrogen-bond acceptors (Lipinski definition) is 5. The number of halogens is 3. The number of nitriles is 1. The summed E-state index contributed by atoms with van der Waals surface area (Å²) in [5.41, 5.74) is -4.05. The van der Waals surface area contributed by atoms with Crippen LogP contribution in [-0.4, -0.2) is 20.4 Å². The molecule has 11 heteroatoms. The van der Waals surface area contributed by atoms with Gasteiger partial charge in [0.2, 0.25) is 5.91 Å². The molecule has 1 aliphatic carbocycles. The van der Waals surface area contributed by atoms with Crippen molar-refractivity contribution in [2.45, 2.75) is 31.3 Å². The Morgan fingerprint density at radius 2 is 2.00 bits per heavy atom. The van der Waals surface area contributed by atoms with E-state index >= 15 is 0 Å². The molecule has 31 heavy (non-hydrogen) atoms. The van der Waals surface area contributed by atoms with Crippen LogP contribution in [0.5, 0.6) is 0 Å². The van der Waals surface area contributed by atoms with Crippen molar-refractivity contribution >= 4 is 16.8 Å². The van der Waals surface area contributed by atoms with E-state index in [9.17, 15) is 27.6 Å². The van der Waals surface area contributed by atoms with Crippen molar-refractivity contribution in [1.29, 1.82) is 5.26 Å². The van der Waals surface area contributed by atoms with Crippen molar-refractivity contribution in [1.82, 2.24) is 19.9 Å². The number of benzene rings is 1. The van der Waals surface area contributed by atoms with Gasteiger partial charge in [0.05, 0.1) is 22.8 Å². The highest BCUT2D eigenvalue weighted by Crippen LogP contribution is 2.42. The van der Waals surface area contributed by atoms with Crippen LogP contribution in [0.4, 0.5) is 13.2 Å². The highest BCUT2D eigenvalue weighted by Gasteiger charge is 2.54. The summed E-state index contributed by atoms with van der Waals surface area (Å²) in [6.07, 6.45) is 1.34. The smallest absolute Gasteiger partial charge is 0.329 e. The van der Waals surface area contributed by atoms with E-state index in [0.29, 0.717) is 4.57 Å². The number of pyridine rings is 1. The molecule has 1 atom stereocenters. The minimum atomic E-state index is -1.62. The molecule has 158 valence electrons. The molecule has 0 spiro atoms. The van der Waals surface area contributed by atoms with E-state index in [4.69, 9.17) is 5.26 Å². The van der Waals surface area contributed by atoms with Gasteiger partial charge in [-0.15, -0.1) is 0 Å². The molecule has 1 fully saturated rings. The Morgan fingerprint density at radius 1 is 1.29 bits per heavy atom. The van der Waals surface area contributed by atoms with Gasteiger partial charge in [0.15, 0.2) is 11.6 Å². The molecule has 4 rings (SSSR count). The van der Waals surface area contributed by atoms with Crippen LogP contribution in [0, 0.1) is 28.8 Å². The molecular weight excluding hydrogens is 415 g/mol. The molecular formula is C20H14F3N5O3. The predicted molar refractivity (Wildman–Crippen MR) is 101 cm³/mol. The largest absolute Gasteiger partial charge is 0.346 e. The minimum absolute atomic E-state index is 0.00180. The predicted octanol–water partition coefficient (Wildman–Crippen LogP) is 1.74. The van der Waals surface area contributed by atoms with Gasteiger partial charge in [-0.05, 0) is 38.0 Å². The van der Waals surface area contributed by atoms with Gasteiger partial charge in [-0.1, -0.05) is 0 Å². The first-order valence-corrected chi connectivity index (χ1v) is 9.19. The molecule has 1 aliphatic rings. The lowest BCUT2D eigenvalue weighted by molar-refractivity contribution is -0.126. The quantitative estimate of drug-likeness (QED) is 0.655. The van der Waals surface area contributed by atoms with Crippen LogP contribution < -0.4 is 16.6 Å². The van der Waals surface area contributed by atoms with Gasteiger partial charge in [-0.2, -0.15) is 5.26 Å². The number of rotatable bonds is 4. The number of hydrogen-bond donors (Lipinski definition) is 2. The van der Waals surface area contributed by atoms with Crippen molar-refractivity contribution in [3.05, 3.63) is 73.9 Å². The third-order valence-corrected chi connectivity index (χ3v) is 5.29. The SMILES string of the molecule is C[C@@H](NC(=O)C1(n2c(=O)[nH]c3ccc(F)c(F)c3c2=O)CC1)c1ncc(C#N)cc1F. The third-order valence-electron chi connectivity index (χ3n) is 5.29. The van der Waals surface area contributed by atoms with Gasteiger partial charge in [-0.3, -0.25) is 14.6 Å². The lowest BCUT2D eigenvalue weighted by Crippen LogP contribution is -2.50. The van der Waals surface area contributed by atoms with Crippen molar-refractivity contribution in [2.75, 3.05) is 0 Å². The molecule has 1 saturated carbocycles. The standard InChI is InChI=1S/C20H14F3N5O3/c1-9(16-12(22)6-10(7-24)8-25-16)26-18(30)20(4-5-20)28-17(29)14-13(27-19(28)31)3-2-11(21)15(14)23/h2-3,6,8-9H,4-5H2,1H3,(H,26,30)(H,27,31)/t9-/m1/s1. The third kappa shape index (κ3) is 3.16. The van der Waals surface area contributed by atoms with Crippen LogP contribution in [0.2, 0.25) is 0 Å². The zero-order chi connectivity index (χ0) is 22.5. The zero-order valence-electron chi connectivity index (χ0n) is 16.0. The lowest BCUT2D eigenvalue weighted by atomic mass is 10.1. The summed E-state index contributed by atoms with van der Waals surface area (Å²) in [7, 11) is 0. The van der Waals surface area contributed by atoms with Crippen LogP contribution in [0.25, 0.3) is 10.9 Å². The number of amides is 1. The van der Waals surface area contributed by atoms with Gasteiger partial charge in [0.25, 0.3) is 5.56 Å². The maximum Gasteiger partial charge on any atom is 0.329 e.